The Bertz CT molecular complexity index is 1890. The lowest BCUT2D eigenvalue weighted by atomic mass is 9.76. The Hall–Kier alpha value is -5.13. The first-order valence-electron chi connectivity index (χ1n) is 16.4. The van der Waals surface area contributed by atoms with Crippen LogP contribution in [0.5, 0.6) is 11.5 Å². The number of hydrogen-bond acceptors (Lipinski definition) is 5. The fraction of sp³-hybridized carbons (Fsp3) is 0.300. The van der Waals surface area contributed by atoms with Crippen molar-refractivity contribution in [1.82, 2.24) is 0 Å². The standard InChI is InChI=1S/C40H41ClN4O4/c1-8-39(3,4)27-12-23-34(33(24-27)40(5,6)9-2)48-25-35(46)43-30-15-19-31(20-16-30)45-38(47)37(49-32-21-17-29(42-7)18-22-32)36(44-45)26-10-13-28(41)14-11-26/h10-24,37H,8-9,25H2,1-6H3,(H,43,46). The van der Waals surface area contributed by atoms with Gasteiger partial charge in [0.05, 0.1) is 12.3 Å². The summed E-state index contributed by atoms with van der Waals surface area (Å²) in [5.74, 6) is 0.446. The van der Waals surface area contributed by atoms with Crippen LogP contribution in [-0.2, 0) is 20.4 Å². The molecule has 4 aromatic rings. The first-order valence-corrected chi connectivity index (χ1v) is 16.7. The molecular formula is C40H41ClN4O4. The number of carbonyl (C=O) groups is 2. The van der Waals surface area contributed by atoms with Crippen molar-refractivity contribution in [2.45, 2.75) is 71.3 Å². The van der Waals surface area contributed by atoms with Gasteiger partial charge in [0.15, 0.2) is 12.3 Å². The third kappa shape index (κ3) is 7.96. The summed E-state index contributed by atoms with van der Waals surface area (Å²) in [6, 6.07) is 26.7. The topological polar surface area (TPSA) is 84.6 Å². The molecule has 252 valence electrons. The fourth-order valence-electron chi connectivity index (χ4n) is 5.32. The van der Waals surface area contributed by atoms with Crippen LogP contribution >= 0.6 is 11.6 Å². The molecule has 0 spiro atoms. The summed E-state index contributed by atoms with van der Waals surface area (Å²) >= 11 is 6.11. The Morgan fingerprint density at radius 1 is 0.918 bits per heavy atom. The Morgan fingerprint density at radius 2 is 1.57 bits per heavy atom. The molecule has 0 radical (unpaired) electrons. The highest BCUT2D eigenvalue weighted by atomic mass is 35.5. The maximum absolute atomic E-state index is 13.7. The molecule has 0 bridgehead atoms. The number of halogens is 1. The van der Waals surface area contributed by atoms with Gasteiger partial charge in [-0.05, 0) is 83.8 Å². The van der Waals surface area contributed by atoms with Crippen LogP contribution in [0.4, 0.5) is 17.1 Å². The predicted molar refractivity (Wildman–Crippen MR) is 196 cm³/mol. The van der Waals surface area contributed by atoms with Gasteiger partial charge in [0, 0.05) is 21.8 Å². The molecule has 1 N–H and O–H groups in total. The second-order valence-corrected chi connectivity index (χ2v) is 13.8. The van der Waals surface area contributed by atoms with E-state index in [0.29, 0.717) is 44.9 Å². The highest BCUT2D eigenvalue weighted by molar-refractivity contribution is 6.31. The van der Waals surface area contributed by atoms with Crippen molar-refractivity contribution in [1.29, 1.82) is 0 Å². The van der Waals surface area contributed by atoms with Gasteiger partial charge < -0.3 is 14.8 Å². The molecule has 49 heavy (non-hydrogen) atoms. The first-order chi connectivity index (χ1) is 23.3. The summed E-state index contributed by atoms with van der Waals surface area (Å²) in [6.45, 7) is 20.2. The third-order valence-electron chi connectivity index (χ3n) is 9.26. The second kappa shape index (κ2) is 14.6. The number of hydrogen-bond donors (Lipinski definition) is 1. The number of nitrogens with one attached hydrogen (secondary N) is 1. The molecule has 0 saturated heterocycles. The van der Waals surface area contributed by atoms with Crippen molar-refractivity contribution in [3.63, 3.8) is 0 Å². The molecule has 4 aromatic carbocycles. The van der Waals surface area contributed by atoms with Gasteiger partial charge in [0.2, 0.25) is 6.10 Å². The van der Waals surface area contributed by atoms with Crippen LogP contribution in [0.2, 0.25) is 5.02 Å². The molecule has 5 rings (SSSR count). The van der Waals surface area contributed by atoms with Gasteiger partial charge in [0.25, 0.3) is 11.8 Å². The van der Waals surface area contributed by atoms with E-state index >= 15 is 0 Å². The molecule has 1 unspecified atom stereocenters. The second-order valence-electron chi connectivity index (χ2n) is 13.3. The summed E-state index contributed by atoms with van der Waals surface area (Å²) in [5.41, 5.74) is 4.85. The fourth-order valence-corrected chi connectivity index (χ4v) is 5.45. The highest BCUT2D eigenvalue weighted by Crippen LogP contribution is 2.38. The molecule has 2 amide bonds. The molecule has 0 fully saturated rings. The zero-order valence-electron chi connectivity index (χ0n) is 28.7. The van der Waals surface area contributed by atoms with E-state index in [2.05, 4.69) is 68.9 Å². The number of anilines is 2. The number of amides is 2. The monoisotopic (exact) mass is 676 g/mol. The average Bonchev–Trinajstić information content (AvgIpc) is 3.43. The molecule has 0 aromatic heterocycles. The maximum atomic E-state index is 13.7. The van der Waals surface area contributed by atoms with Crippen molar-refractivity contribution >= 4 is 46.2 Å². The van der Waals surface area contributed by atoms with E-state index < -0.39 is 6.10 Å². The van der Waals surface area contributed by atoms with Crippen molar-refractivity contribution in [3.05, 3.63) is 124 Å². The smallest absolute Gasteiger partial charge is 0.294 e. The number of rotatable bonds is 12. The number of ether oxygens (including phenoxy) is 2. The predicted octanol–water partition coefficient (Wildman–Crippen LogP) is 9.48. The van der Waals surface area contributed by atoms with E-state index in [0.717, 1.165) is 18.4 Å². The van der Waals surface area contributed by atoms with Gasteiger partial charge in [0.1, 0.15) is 17.2 Å². The highest BCUT2D eigenvalue weighted by Gasteiger charge is 2.39. The van der Waals surface area contributed by atoms with E-state index in [1.807, 2.05) is 6.07 Å². The number of carbonyl (C=O) groups excluding carboxylic acids is 2. The lowest BCUT2D eigenvalue weighted by Crippen LogP contribution is -2.37. The van der Waals surface area contributed by atoms with Crippen molar-refractivity contribution in [3.8, 4) is 11.5 Å². The van der Waals surface area contributed by atoms with Gasteiger partial charge >= 0.3 is 0 Å². The summed E-state index contributed by atoms with van der Waals surface area (Å²) in [7, 11) is 0. The van der Waals surface area contributed by atoms with Crippen LogP contribution in [0, 0.1) is 6.57 Å². The number of benzene rings is 4. The minimum absolute atomic E-state index is 0.0306. The Kier molecular flexibility index (Phi) is 10.4. The minimum atomic E-state index is -1.03. The SMILES string of the molecule is [C-]#[N+]c1ccc(OC2C(=O)N(c3ccc(NC(=O)COc4ccc(C(C)(C)CC)cc4C(C)(C)CC)cc3)N=C2c2ccc(Cl)cc2)cc1. The van der Waals surface area contributed by atoms with Gasteiger partial charge in [-0.15, -0.1) is 0 Å². The maximum Gasteiger partial charge on any atom is 0.294 e. The summed E-state index contributed by atoms with van der Waals surface area (Å²) < 4.78 is 12.2. The molecule has 1 heterocycles. The molecule has 8 nitrogen and oxygen atoms in total. The summed E-state index contributed by atoms with van der Waals surface area (Å²) in [5, 5.41) is 9.37. The Balaban J connectivity index is 1.30. The zero-order valence-corrected chi connectivity index (χ0v) is 29.5. The van der Waals surface area contributed by atoms with Crippen LogP contribution < -0.4 is 19.8 Å². The Labute approximate surface area is 293 Å². The van der Waals surface area contributed by atoms with Crippen LogP contribution in [0.25, 0.3) is 4.85 Å². The lowest BCUT2D eigenvalue weighted by Gasteiger charge is -2.30. The van der Waals surface area contributed by atoms with Crippen molar-refractivity contribution < 1.29 is 19.1 Å². The van der Waals surface area contributed by atoms with Gasteiger partial charge in [-0.3, -0.25) is 9.59 Å². The quantitative estimate of drug-likeness (QED) is 0.152. The minimum Gasteiger partial charge on any atom is -0.483 e. The van der Waals surface area contributed by atoms with E-state index in [9.17, 15) is 9.59 Å². The average molecular weight is 677 g/mol. The molecule has 1 atom stereocenters. The molecule has 9 heteroatoms. The van der Waals surface area contributed by atoms with Crippen LogP contribution in [0.3, 0.4) is 0 Å². The van der Waals surface area contributed by atoms with Crippen LogP contribution in [0.15, 0.2) is 96.1 Å². The molecule has 0 saturated carbocycles. The molecular weight excluding hydrogens is 636 g/mol. The van der Waals surface area contributed by atoms with Gasteiger partial charge in [-0.1, -0.05) is 89.5 Å². The number of hydrazone groups is 1. The summed E-state index contributed by atoms with van der Waals surface area (Å²) in [6.07, 6.45) is 0.906. The van der Waals surface area contributed by atoms with E-state index in [-0.39, 0.29) is 29.3 Å². The Morgan fingerprint density at radius 3 is 2.18 bits per heavy atom. The lowest BCUT2D eigenvalue weighted by molar-refractivity contribution is -0.122. The molecule has 0 aliphatic carbocycles. The normalized spacial score (nSPS) is 14.7. The largest absolute Gasteiger partial charge is 0.483 e. The van der Waals surface area contributed by atoms with E-state index in [4.69, 9.17) is 27.6 Å². The zero-order chi connectivity index (χ0) is 35.3. The van der Waals surface area contributed by atoms with Gasteiger partial charge in [-0.2, -0.15) is 10.1 Å². The van der Waals surface area contributed by atoms with Crippen molar-refractivity contribution in [2.24, 2.45) is 5.10 Å². The third-order valence-corrected chi connectivity index (χ3v) is 9.51. The van der Waals surface area contributed by atoms with Crippen LogP contribution in [-0.4, -0.2) is 30.2 Å². The van der Waals surface area contributed by atoms with E-state index in [1.165, 1.54) is 10.6 Å². The summed E-state index contributed by atoms with van der Waals surface area (Å²) in [4.78, 5) is 30.1. The molecule has 1 aliphatic heterocycles. The van der Waals surface area contributed by atoms with Crippen molar-refractivity contribution in [2.75, 3.05) is 16.9 Å². The molecule has 1 aliphatic rings. The first kappa shape index (κ1) is 35.2. The van der Waals surface area contributed by atoms with Gasteiger partial charge in [-0.25, -0.2) is 4.85 Å². The van der Waals surface area contributed by atoms with E-state index in [1.54, 1.807) is 72.8 Å². The number of nitrogens with zero attached hydrogens (tertiary/aromatic N) is 3. The van der Waals surface area contributed by atoms with Crippen LogP contribution in [0.1, 0.15) is 71.1 Å².